The van der Waals surface area contributed by atoms with Crippen LogP contribution < -0.4 is 4.74 Å². The Morgan fingerprint density at radius 1 is 1.29 bits per heavy atom. The molecule has 3 rings (SSSR count). The number of likely N-dealkylation sites (N-methyl/N-ethyl adjacent to an activating group) is 1. The SMILES string of the molecule is CC(=O)N(C)C[C@H]1Oc2cc(C#Cc3ccccc3F)ccc2S(=O)(=O)N([C@H](C)CO)C[C@@H]1C. The lowest BCUT2D eigenvalue weighted by atomic mass is 10.0. The number of aliphatic hydroxyl groups is 1. The van der Waals surface area contributed by atoms with Crippen molar-refractivity contribution >= 4 is 15.9 Å². The Labute approximate surface area is 200 Å². The number of nitrogens with zero attached hydrogens (tertiary/aromatic N) is 2. The molecule has 0 aromatic heterocycles. The smallest absolute Gasteiger partial charge is 0.247 e. The quantitative estimate of drug-likeness (QED) is 0.669. The Morgan fingerprint density at radius 3 is 2.65 bits per heavy atom. The van der Waals surface area contributed by atoms with Gasteiger partial charge < -0.3 is 14.7 Å². The van der Waals surface area contributed by atoms with Gasteiger partial charge in [-0.15, -0.1) is 0 Å². The lowest BCUT2D eigenvalue weighted by molar-refractivity contribution is -0.129. The Hall–Kier alpha value is -2.93. The molecule has 1 amide bonds. The molecule has 34 heavy (non-hydrogen) atoms. The highest BCUT2D eigenvalue weighted by atomic mass is 32.2. The second-order valence-corrected chi connectivity index (χ2v) is 10.4. The van der Waals surface area contributed by atoms with E-state index in [0.717, 1.165) is 0 Å². The summed E-state index contributed by atoms with van der Waals surface area (Å²) < 4.78 is 48.3. The number of sulfonamides is 1. The largest absolute Gasteiger partial charge is 0.487 e. The third-order valence-electron chi connectivity index (χ3n) is 5.87. The van der Waals surface area contributed by atoms with Crippen LogP contribution >= 0.6 is 0 Å². The molecule has 1 aliphatic heterocycles. The summed E-state index contributed by atoms with van der Waals surface area (Å²) in [5, 5.41) is 9.71. The number of fused-ring (bicyclic) bond motifs is 1. The van der Waals surface area contributed by atoms with Crippen molar-refractivity contribution in [2.45, 2.75) is 37.8 Å². The van der Waals surface area contributed by atoms with Crippen molar-refractivity contribution in [3.63, 3.8) is 0 Å². The van der Waals surface area contributed by atoms with Gasteiger partial charge in [0.05, 0.1) is 18.7 Å². The van der Waals surface area contributed by atoms with Gasteiger partial charge in [-0.2, -0.15) is 4.31 Å². The van der Waals surface area contributed by atoms with Crippen LogP contribution in [0.4, 0.5) is 4.39 Å². The molecular formula is C25H29FN2O5S. The highest BCUT2D eigenvalue weighted by Gasteiger charge is 2.38. The highest BCUT2D eigenvalue weighted by molar-refractivity contribution is 7.89. The standard InChI is InChI=1S/C25H29FN2O5S/c1-17-14-28(18(2)16-29)34(31,32)25-12-10-20(9-11-21-7-5-6-8-22(21)26)13-23(25)33-24(17)15-27(4)19(3)30/h5-8,10,12-13,17-18,24,29H,14-16H2,1-4H3/t17-,18+,24+/m0/s1. The van der Waals surface area contributed by atoms with Gasteiger partial charge in [0.15, 0.2) is 0 Å². The van der Waals surface area contributed by atoms with Crippen molar-refractivity contribution in [3.05, 3.63) is 59.4 Å². The molecule has 0 unspecified atom stereocenters. The van der Waals surface area contributed by atoms with Gasteiger partial charge >= 0.3 is 0 Å². The fraction of sp³-hybridized carbons (Fsp3) is 0.400. The van der Waals surface area contributed by atoms with Gasteiger partial charge in [0.1, 0.15) is 22.6 Å². The summed E-state index contributed by atoms with van der Waals surface area (Å²) in [5.41, 5.74) is 0.672. The molecule has 0 fully saturated rings. The number of carbonyl (C=O) groups is 1. The number of rotatable bonds is 4. The molecule has 0 saturated heterocycles. The average Bonchev–Trinajstić information content (AvgIpc) is 2.80. The van der Waals surface area contributed by atoms with Crippen LogP contribution in [0.2, 0.25) is 0 Å². The molecule has 7 nitrogen and oxygen atoms in total. The molecule has 0 aliphatic carbocycles. The van der Waals surface area contributed by atoms with Crippen molar-refractivity contribution < 1.29 is 27.4 Å². The van der Waals surface area contributed by atoms with Crippen LogP contribution in [0.3, 0.4) is 0 Å². The van der Waals surface area contributed by atoms with Gasteiger partial charge in [-0.05, 0) is 37.3 Å². The first-order valence-electron chi connectivity index (χ1n) is 11.0. The van der Waals surface area contributed by atoms with E-state index in [2.05, 4.69) is 11.8 Å². The number of amides is 1. The molecule has 2 aromatic carbocycles. The minimum atomic E-state index is -3.99. The predicted octanol–water partition coefficient (Wildman–Crippen LogP) is 2.47. The number of halogens is 1. The second kappa shape index (κ2) is 10.6. The average molecular weight is 489 g/mol. The molecule has 0 bridgehead atoms. The monoisotopic (exact) mass is 488 g/mol. The minimum absolute atomic E-state index is 0.0494. The first kappa shape index (κ1) is 25.7. The number of hydrogen-bond donors (Lipinski definition) is 1. The van der Waals surface area contributed by atoms with Crippen LogP contribution in [0, 0.1) is 23.6 Å². The maximum atomic E-state index is 13.9. The van der Waals surface area contributed by atoms with Crippen LogP contribution in [0.25, 0.3) is 0 Å². The zero-order valence-corrected chi connectivity index (χ0v) is 20.5. The number of benzene rings is 2. The fourth-order valence-corrected chi connectivity index (χ4v) is 5.45. The van der Waals surface area contributed by atoms with Crippen molar-refractivity contribution in [1.29, 1.82) is 0 Å². The van der Waals surface area contributed by atoms with E-state index >= 15 is 0 Å². The molecule has 1 N–H and O–H groups in total. The minimum Gasteiger partial charge on any atom is -0.487 e. The first-order valence-corrected chi connectivity index (χ1v) is 12.4. The zero-order chi connectivity index (χ0) is 25.0. The molecule has 2 aromatic rings. The van der Waals surface area contributed by atoms with E-state index in [1.165, 1.54) is 40.4 Å². The van der Waals surface area contributed by atoms with E-state index in [1.807, 2.05) is 6.92 Å². The van der Waals surface area contributed by atoms with Crippen LogP contribution in [-0.2, 0) is 14.8 Å². The summed E-state index contributed by atoms with van der Waals surface area (Å²) >= 11 is 0. The Balaban J connectivity index is 2.09. The van der Waals surface area contributed by atoms with Crippen LogP contribution in [0.5, 0.6) is 5.75 Å². The fourth-order valence-electron chi connectivity index (χ4n) is 3.62. The summed E-state index contributed by atoms with van der Waals surface area (Å²) in [6.45, 7) is 4.96. The summed E-state index contributed by atoms with van der Waals surface area (Å²) in [7, 11) is -2.33. The normalized spacial score (nSPS) is 20.5. The number of hydrogen-bond acceptors (Lipinski definition) is 5. The van der Waals surface area contributed by atoms with E-state index in [-0.39, 0.29) is 47.7 Å². The molecule has 182 valence electrons. The zero-order valence-electron chi connectivity index (χ0n) is 19.7. The van der Waals surface area contributed by atoms with E-state index in [1.54, 1.807) is 32.2 Å². The summed E-state index contributed by atoms with van der Waals surface area (Å²) in [6.07, 6.45) is -0.508. The Morgan fingerprint density at radius 2 is 2.00 bits per heavy atom. The molecule has 1 heterocycles. The summed E-state index contributed by atoms with van der Waals surface area (Å²) in [5.74, 6) is 4.85. The molecule has 9 heteroatoms. The molecule has 3 atom stereocenters. The molecule has 1 aliphatic rings. The van der Waals surface area contributed by atoms with Crippen molar-refractivity contribution in [1.82, 2.24) is 9.21 Å². The summed E-state index contributed by atoms with van der Waals surface area (Å²) in [4.78, 5) is 13.3. The molecule has 0 saturated carbocycles. The number of carbonyl (C=O) groups excluding carboxylic acids is 1. The third kappa shape index (κ3) is 5.58. The maximum Gasteiger partial charge on any atom is 0.247 e. The van der Waals surface area contributed by atoms with Gasteiger partial charge in [-0.1, -0.05) is 30.9 Å². The van der Waals surface area contributed by atoms with E-state index < -0.39 is 28.0 Å². The van der Waals surface area contributed by atoms with E-state index in [0.29, 0.717) is 5.56 Å². The molecular weight excluding hydrogens is 459 g/mol. The van der Waals surface area contributed by atoms with Gasteiger partial charge in [0.2, 0.25) is 15.9 Å². The number of ether oxygens (including phenoxy) is 1. The maximum absolute atomic E-state index is 13.9. The van der Waals surface area contributed by atoms with Gasteiger partial charge in [0, 0.05) is 38.0 Å². The van der Waals surface area contributed by atoms with Crippen LogP contribution in [0.15, 0.2) is 47.4 Å². The lowest BCUT2D eigenvalue weighted by Crippen LogP contribution is -2.50. The van der Waals surface area contributed by atoms with Gasteiger partial charge in [-0.3, -0.25) is 4.79 Å². The van der Waals surface area contributed by atoms with Gasteiger partial charge in [0.25, 0.3) is 0 Å². The molecule has 0 radical (unpaired) electrons. The van der Waals surface area contributed by atoms with Crippen molar-refractivity contribution in [2.75, 3.05) is 26.7 Å². The van der Waals surface area contributed by atoms with E-state index in [4.69, 9.17) is 4.74 Å². The van der Waals surface area contributed by atoms with Crippen molar-refractivity contribution in [3.8, 4) is 17.6 Å². The predicted molar refractivity (Wildman–Crippen MR) is 126 cm³/mol. The van der Waals surface area contributed by atoms with Crippen molar-refractivity contribution in [2.24, 2.45) is 5.92 Å². The first-order chi connectivity index (χ1) is 16.0. The van der Waals surface area contributed by atoms with Gasteiger partial charge in [-0.25, -0.2) is 12.8 Å². The van der Waals surface area contributed by atoms with E-state index in [9.17, 15) is 22.7 Å². The molecule has 0 spiro atoms. The number of aliphatic hydroxyl groups excluding tert-OH is 1. The van der Waals surface area contributed by atoms with Crippen LogP contribution in [0.1, 0.15) is 31.9 Å². The second-order valence-electron chi connectivity index (χ2n) is 8.53. The third-order valence-corrected chi connectivity index (χ3v) is 7.89. The Kier molecular flexibility index (Phi) is 7.97. The summed E-state index contributed by atoms with van der Waals surface area (Å²) in [6, 6.07) is 9.94. The van der Waals surface area contributed by atoms with Crippen LogP contribution in [-0.4, -0.2) is 67.5 Å². The lowest BCUT2D eigenvalue weighted by Gasteiger charge is -2.37. The Bertz CT molecular complexity index is 1220. The highest BCUT2D eigenvalue weighted by Crippen LogP contribution is 2.34. The topological polar surface area (TPSA) is 87.2 Å².